The zero-order valence-electron chi connectivity index (χ0n) is 25.4. The van der Waals surface area contributed by atoms with E-state index in [0.717, 1.165) is 0 Å². The summed E-state index contributed by atoms with van der Waals surface area (Å²) in [7, 11) is 2.73. The van der Waals surface area contributed by atoms with Crippen molar-refractivity contribution in [1.29, 1.82) is 0 Å². The van der Waals surface area contributed by atoms with Crippen molar-refractivity contribution in [2.45, 2.75) is 27.7 Å². The summed E-state index contributed by atoms with van der Waals surface area (Å²) in [5, 5.41) is 0. The molecule has 0 bridgehead atoms. The van der Waals surface area contributed by atoms with Gasteiger partial charge in [-0.25, -0.2) is 19.2 Å². The molecular weight excluding hydrogens is 621 g/mol. The van der Waals surface area contributed by atoms with Gasteiger partial charge in [0.1, 0.15) is 68.4 Å². The van der Waals surface area contributed by atoms with Crippen LogP contribution in [0.25, 0.3) is 0 Å². The second-order valence-electron chi connectivity index (χ2n) is 7.64. The summed E-state index contributed by atoms with van der Waals surface area (Å²) >= 11 is 0. The summed E-state index contributed by atoms with van der Waals surface area (Å²) in [6.45, 7) is 23.4. The van der Waals surface area contributed by atoms with Crippen LogP contribution in [0.5, 0.6) is 0 Å². The summed E-state index contributed by atoms with van der Waals surface area (Å²) in [5.41, 5.74) is 1.70. The average molecular weight is 673 g/mol. The fourth-order valence-electron chi connectivity index (χ4n) is 1.36. The molecule has 0 aromatic heterocycles. The van der Waals surface area contributed by atoms with E-state index >= 15 is 0 Å². The van der Waals surface area contributed by atoms with Crippen LogP contribution in [0.15, 0.2) is 48.6 Å². The van der Waals surface area contributed by atoms with Crippen molar-refractivity contribution < 1.29 is 55.8 Å². The van der Waals surface area contributed by atoms with E-state index in [-0.39, 0.29) is 34.8 Å². The van der Waals surface area contributed by atoms with E-state index in [1.165, 1.54) is 0 Å². The van der Waals surface area contributed by atoms with Crippen LogP contribution in [0.1, 0.15) is 27.7 Å². The predicted molar refractivity (Wildman–Crippen MR) is 178 cm³/mol. The van der Waals surface area contributed by atoms with Gasteiger partial charge in [-0.15, -0.1) is 0 Å². The molecule has 0 saturated heterocycles. The maximum atomic E-state index is 10.7. The second-order valence-corrected chi connectivity index (χ2v) is 9.95. The molecule has 0 rings (SSSR count). The van der Waals surface area contributed by atoms with E-state index in [0.29, 0.717) is 117 Å². The van der Waals surface area contributed by atoms with Crippen molar-refractivity contribution in [1.82, 2.24) is 0 Å². The van der Waals surface area contributed by atoms with Gasteiger partial charge in [-0.3, -0.25) is 0 Å². The molecule has 0 aromatic carbocycles. The topological polar surface area (TPSA) is 142 Å². The monoisotopic (exact) mass is 672 g/mol. The molecule has 12 nitrogen and oxygen atoms in total. The number of esters is 4. The number of hydrogen-bond donors (Lipinski definition) is 0. The Morgan fingerprint density at radius 3 is 0.659 bits per heavy atom. The summed E-state index contributed by atoms with van der Waals surface area (Å²) in [6, 6.07) is 0. The Morgan fingerprint density at radius 1 is 0.415 bits per heavy atom. The predicted octanol–water partition coefficient (Wildman–Crippen LogP) is -3.84. The van der Waals surface area contributed by atoms with Gasteiger partial charge in [-0.2, -0.15) is 0 Å². The molecule has 0 spiro atoms. The Hall–Kier alpha value is -2.24. The largest absolute Gasteiger partial charge is 0.460 e. The summed E-state index contributed by atoms with van der Waals surface area (Å²) < 4.78 is 38.0. The smallest absolute Gasteiger partial charge is 0.333 e. The molecule has 17 heteroatoms. The standard InChI is InChI=1S/4C6H12O3Si.H4Si/c4*1-5(2)6(7)8-3-4-9-10;/h4*1,3-4H2,2,10H3;1H4. The molecule has 0 heterocycles. The molecule has 41 heavy (non-hydrogen) atoms. The van der Waals surface area contributed by atoms with Gasteiger partial charge in [0.25, 0.3) is 0 Å². The molecule has 0 fully saturated rings. The van der Waals surface area contributed by atoms with Gasteiger partial charge in [0.05, 0.1) is 26.4 Å². The third kappa shape index (κ3) is 42.4. The van der Waals surface area contributed by atoms with Gasteiger partial charge in [0.2, 0.25) is 0 Å². The lowest BCUT2D eigenvalue weighted by atomic mass is 10.4. The quantitative estimate of drug-likeness (QED) is 0.0521. The zero-order chi connectivity index (χ0) is 31.9. The number of carbonyl (C=O) groups excluding carboxylic acids is 4. The lowest BCUT2D eigenvalue weighted by Gasteiger charge is -2.01. The Balaban J connectivity index is -0.000000139. The lowest BCUT2D eigenvalue weighted by Crippen LogP contribution is -2.09. The molecule has 0 amide bonds. The minimum Gasteiger partial charge on any atom is -0.460 e. The van der Waals surface area contributed by atoms with Crippen molar-refractivity contribution in [2.24, 2.45) is 0 Å². The molecule has 0 aliphatic heterocycles. The summed E-state index contributed by atoms with van der Waals surface area (Å²) in [6.07, 6.45) is 0. The average Bonchev–Trinajstić information content (AvgIpc) is 2.89. The first-order valence-electron chi connectivity index (χ1n) is 12.0. The maximum absolute atomic E-state index is 10.7. The highest BCUT2D eigenvalue weighted by Crippen LogP contribution is 1.92. The van der Waals surface area contributed by atoms with Crippen molar-refractivity contribution in [2.75, 3.05) is 52.9 Å². The van der Waals surface area contributed by atoms with E-state index in [2.05, 4.69) is 26.3 Å². The van der Waals surface area contributed by atoms with E-state index in [1.807, 2.05) is 0 Å². The van der Waals surface area contributed by atoms with Gasteiger partial charge in [-0.05, 0) is 38.7 Å². The van der Waals surface area contributed by atoms with Crippen LogP contribution in [0.2, 0.25) is 0 Å². The molecular formula is C24H52O12Si5. The Kier molecular flexibility index (Phi) is 42.3. The highest BCUT2D eigenvalue weighted by atomic mass is 28.2. The summed E-state index contributed by atoms with van der Waals surface area (Å²) in [4.78, 5) is 42.6. The van der Waals surface area contributed by atoms with E-state index in [1.54, 1.807) is 27.7 Å². The van der Waals surface area contributed by atoms with Gasteiger partial charge in [0.15, 0.2) is 0 Å². The molecule has 0 atom stereocenters. The van der Waals surface area contributed by atoms with Crippen LogP contribution in [0, 0.1) is 0 Å². The number of rotatable bonds is 16. The normalized spacial score (nSPS) is 9.07. The molecule has 0 saturated carbocycles. The minimum absolute atomic E-state index is 0. The minimum atomic E-state index is -0.348. The van der Waals surface area contributed by atoms with E-state index < -0.39 is 0 Å². The summed E-state index contributed by atoms with van der Waals surface area (Å²) in [5.74, 6) is -1.39. The lowest BCUT2D eigenvalue weighted by molar-refractivity contribution is -0.140. The number of hydrogen-bond acceptors (Lipinski definition) is 12. The van der Waals surface area contributed by atoms with Gasteiger partial charge < -0.3 is 36.7 Å². The van der Waals surface area contributed by atoms with Crippen LogP contribution >= 0.6 is 0 Å². The fourth-order valence-corrected chi connectivity index (χ4v) is 2.03. The Bertz CT molecular complexity index is 663. The zero-order valence-corrected chi connectivity index (χ0v) is 33.4. The van der Waals surface area contributed by atoms with Crippen LogP contribution in [0.3, 0.4) is 0 Å². The Labute approximate surface area is 261 Å². The van der Waals surface area contributed by atoms with E-state index in [4.69, 9.17) is 36.7 Å². The Morgan fingerprint density at radius 2 is 0.561 bits per heavy atom. The first-order valence-corrected chi connectivity index (χ1v) is 15.3. The van der Waals surface area contributed by atoms with Gasteiger partial charge in [0, 0.05) is 22.3 Å². The van der Waals surface area contributed by atoms with E-state index in [9.17, 15) is 19.2 Å². The number of ether oxygens (including phenoxy) is 4. The van der Waals surface area contributed by atoms with Gasteiger partial charge in [-0.1, -0.05) is 26.3 Å². The third-order valence-corrected chi connectivity index (χ3v) is 5.11. The molecule has 0 aliphatic carbocycles. The first kappa shape index (κ1) is 48.5. The first-order chi connectivity index (χ1) is 18.7. The fraction of sp³-hybridized carbons (Fsp3) is 0.500. The van der Waals surface area contributed by atoms with Crippen molar-refractivity contribution >= 4 is 76.8 Å². The van der Waals surface area contributed by atoms with Crippen molar-refractivity contribution in [3.8, 4) is 0 Å². The molecule has 0 radical (unpaired) electrons. The molecule has 0 aromatic rings. The molecule has 0 aliphatic rings. The number of carbonyl (C=O) groups is 4. The van der Waals surface area contributed by atoms with Crippen LogP contribution < -0.4 is 0 Å². The third-order valence-electron chi connectivity index (χ3n) is 3.48. The molecule has 0 N–H and O–H groups in total. The van der Waals surface area contributed by atoms with Crippen LogP contribution in [-0.2, 0) is 55.8 Å². The van der Waals surface area contributed by atoms with Gasteiger partial charge >= 0.3 is 23.9 Å². The van der Waals surface area contributed by atoms with Crippen LogP contribution in [0.4, 0.5) is 0 Å². The van der Waals surface area contributed by atoms with Crippen LogP contribution in [-0.4, -0.2) is 130 Å². The van der Waals surface area contributed by atoms with Crippen molar-refractivity contribution in [3.05, 3.63) is 48.6 Å². The van der Waals surface area contributed by atoms with Crippen molar-refractivity contribution in [3.63, 3.8) is 0 Å². The maximum Gasteiger partial charge on any atom is 0.333 e. The molecule has 240 valence electrons. The SMILES string of the molecule is C=C(C)C(=O)OCCO[SiH3].C=C(C)C(=O)OCCO[SiH3].C=C(C)C(=O)OCCO[SiH3].C=C(C)C(=O)OCCO[SiH3].[SiH4]. The second kappa shape index (κ2) is 35.8. The molecule has 0 unspecified atom stereocenters. The highest BCUT2D eigenvalue weighted by Gasteiger charge is 2.02. The highest BCUT2D eigenvalue weighted by molar-refractivity contribution is 5.98.